The van der Waals surface area contributed by atoms with Gasteiger partial charge in [-0.1, -0.05) is 52.4 Å². The topological polar surface area (TPSA) is 18.5 Å². The van der Waals surface area contributed by atoms with Gasteiger partial charge in [0.15, 0.2) is 0 Å². The molecule has 0 aromatic carbocycles. The van der Waals surface area contributed by atoms with E-state index in [1.807, 2.05) is 0 Å². The lowest BCUT2D eigenvalue weighted by Gasteiger charge is -2.69. The average molecular weight is 462 g/mol. The van der Waals surface area contributed by atoms with Crippen LogP contribution in [0.2, 0.25) is 0 Å². The molecule has 0 bridgehead atoms. The third-order valence-corrected chi connectivity index (χ3v) is 10.1. The summed E-state index contributed by atoms with van der Waals surface area (Å²) in [7, 11) is 0. The largest absolute Gasteiger partial charge is 0.378 e. The standard InChI is InChI=1S/C26H46Cl2O2/c1-3-5-7-9-19-29-22-11-15-24(16-12-22)21-25(26(24,27)28)17-13-23(14-18-25)30-20-10-8-6-4-2/h22-23H,3-21H2,1-2H3. The number of ether oxygens (including phenoxy) is 2. The fraction of sp³-hybridized carbons (Fsp3) is 1.00. The first-order valence-corrected chi connectivity index (χ1v) is 13.9. The first-order chi connectivity index (χ1) is 14.5. The van der Waals surface area contributed by atoms with Crippen molar-refractivity contribution in [3.8, 4) is 0 Å². The molecule has 0 atom stereocenters. The summed E-state index contributed by atoms with van der Waals surface area (Å²) < 4.78 is 11.8. The van der Waals surface area contributed by atoms with Gasteiger partial charge in [0.2, 0.25) is 0 Å². The molecule has 0 aromatic heterocycles. The second kappa shape index (κ2) is 11.6. The Balaban J connectivity index is 1.38. The molecule has 176 valence electrons. The Bertz CT molecular complexity index is 449. The lowest BCUT2D eigenvalue weighted by Crippen LogP contribution is -2.67. The van der Waals surface area contributed by atoms with Crippen LogP contribution in [0, 0.1) is 10.8 Å². The normalized spacial score (nSPS) is 35.6. The Hall–Kier alpha value is 0.500. The third-order valence-electron chi connectivity index (χ3n) is 8.49. The van der Waals surface area contributed by atoms with Crippen molar-refractivity contribution in [3.63, 3.8) is 0 Å². The summed E-state index contributed by atoms with van der Waals surface area (Å²) in [5.41, 5.74) is 0.262. The lowest BCUT2D eigenvalue weighted by atomic mass is 9.44. The van der Waals surface area contributed by atoms with Crippen LogP contribution in [0.4, 0.5) is 0 Å². The predicted octanol–water partition coefficient (Wildman–Crippen LogP) is 8.62. The first-order valence-electron chi connectivity index (χ1n) is 13.1. The number of hydrogen-bond acceptors (Lipinski definition) is 2. The van der Waals surface area contributed by atoms with Crippen LogP contribution in [0.25, 0.3) is 0 Å². The van der Waals surface area contributed by atoms with Crippen LogP contribution in [0.3, 0.4) is 0 Å². The highest BCUT2D eigenvalue weighted by atomic mass is 35.5. The smallest absolute Gasteiger partial charge is 0.129 e. The van der Waals surface area contributed by atoms with Crippen molar-refractivity contribution in [2.24, 2.45) is 10.8 Å². The molecular weight excluding hydrogens is 415 g/mol. The van der Waals surface area contributed by atoms with E-state index in [9.17, 15) is 0 Å². The van der Waals surface area contributed by atoms with Crippen LogP contribution in [0.1, 0.15) is 123 Å². The summed E-state index contributed by atoms with van der Waals surface area (Å²) in [5.74, 6) is 0. The van der Waals surface area contributed by atoms with Gasteiger partial charge in [-0.25, -0.2) is 0 Å². The molecule has 3 aliphatic carbocycles. The SMILES string of the molecule is CCCCCCOC1CCC2(CC1)CC1(CCC(OCCCCCC)CC1)C2(Cl)Cl. The van der Waals surface area contributed by atoms with Crippen LogP contribution in [0.15, 0.2) is 0 Å². The van der Waals surface area contributed by atoms with E-state index in [4.69, 9.17) is 32.7 Å². The Labute approximate surface area is 196 Å². The Morgan fingerprint density at radius 3 is 1.37 bits per heavy atom. The van der Waals surface area contributed by atoms with E-state index < -0.39 is 4.33 Å². The quantitative estimate of drug-likeness (QED) is 0.214. The summed E-state index contributed by atoms with van der Waals surface area (Å²) in [6.07, 6.45) is 21.4. The molecule has 0 N–H and O–H groups in total. The number of unbranched alkanes of at least 4 members (excludes halogenated alkanes) is 6. The van der Waals surface area contributed by atoms with Crippen molar-refractivity contribution in [2.45, 2.75) is 140 Å². The van der Waals surface area contributed by atoms with E-state index >= 15 is 0 Å². The molecule has 2 nitrogen and oxygen atoms in total. The fourth-order valence-corrected chi connectivity index (χ4v) is 7.51. The molecule has 3 fully saturated rings. The molecule has 0 radical (unpaired) electrons. The maximum absolute atomic E-state index is 7.18. The molecule has 0 aromatic rings. The minimum Gasteiger partial charge on any atom is -0.378 e. The number of rotatable bonds is 12. The molecule has 4 heteroatoms. The molecular formula is C26H46Cl2O2. The van der Waals surface area contributed by atoms with E-state index in [1.54, 1.807) is 0 Å². The second-order valence-corrected chi connectivity index (χ2v) is 11.9. The molecule has 0 heterocycles. The zero-order chi connectivity index (χ0) is 21.5. The van der Waals surface area contributed by atoms with Gasteiger partial charge in [-0.05, 0) is 70.6 Å². The van der Waals surface area contributed by atoms with Crippen molar-refractivity contribution in [1.82, 2.24) is 0 Å². The first kappa shape index (κ1) is 25.1. The molecule has 0 saturated heterocycles. The summed E-state index contributed by atoms with van der Waals surface area (Å²) in [6, 6.07) is 0. The fourth-order valence-electron chi connectivity index (χ4n) is 6.49. The van der Waals surface area contributed by atoms with E-state index in [2.05, 4.69) is 13.8 Å². The minimum atomic E-state index is -0.557. The molecule has 3 rings (SSSR count). The van der Waals surface area contributed by atoms with E-state index in [0.717, 1.165) is 64.6 Å². The van der Waals surface area contributed by atoms with Crippen molar-refractivity contribution >= 4 is 23.2 Å². The highest BCUT2D eigenvalue weighted by Gasteiger charge is 2.72. The molecule has 0 amide bonds. The number of alkyl halides is 2. The van der Waals surface area contributed by atoms with Gasteiger partial charge in [0.1, 0.15) is 4.33 Å². The van der Waals surface area contributed by atoms with Crippen molar-refractivity contribution < 1.29 is 9.47 Å². The molecule has 0 aliphatic heterocycles. The van der Waals surface area contributed by atoms with Crippen LogP contribution >= 0.6 is 23.2 Å². The van der Waals surface area contributed by atoms with E-state index in [-0.39, 0.29) is 10.8 Å². The van der Waals surface area contributed by atoms with E-state index in [1.165, 1.54) is 57.8 Å². The monoisotopic (exact) mass is 460 g/mol. The zero-order valence-electron chi connectivity index (χ0n) is 19.7. The van der Waals surface area contributed by atoms with Gasteiger partial charge in [0.05, 0.1) is 12.2 Å². The lowest BCUT2D eigenvalue weighted by molar-refractivity contribution is -0.139. The molecule has 30 heavy (non-hydrogen) atoms. The van der Waals surface area contributed by atoms with Gasteiger partial charge in [-0.2, -0.15) is 0 Å². The van der Waals surface area contributed by atoms with Gasteiger partial charge in [-0.15, -0.1) is 23.2 Å². The average Bonchev–Trinajstić information content (AvgIpc) is 2.75. The third kappa shape index (κ3) is 5.52. The molecule has 3 saturated carbocycles. The van der Waals surface area contributed by atoms with Gasteiger partial charge < -0.3 is 9.47 Å². The van der Waals surface area contributed by atoms with Crippen LogP contribution < -0.4 is 0 Å². The minimum absolute atomic E-state index is 0.131. The van der Waals surface area contributed by atoms with Crippen molar-refractivity contribution in [1.29, 1.82) is 0 Å². The van der Waals surface area contributed by atoms with Crippen LogP contribution in [0.5, 0.6) is 0 Å². The summed E-state index contributed by atoms with van der Waals surface area (Å²) >= 11 is 14.4. The van der Waals surface area contributed by atoms with Gasteiger partial charge in [-0.3, -0.25) is 0 Å². The van der Waals surface area contributed by atoms with Crippen molar-refractivity contribution in [3.05, 3.63) is 0 Å². The maximum atomic E-state index is 7.18. The maximum Gasteiger partial charge on any atom is 0.129 e. The summed E-state index contributed by atoms with van der Waals surface area (Å²) in [6.45, 7) is 6.36. The Morgan fingerprint density at radius 1 is 0.633 bits per heavy atom. The van der Waals surface area contributed by atoms with Gasteiger partial charge >= 0.3 is 0 Å². The molecule has 2 spiro atoms. The second-order valence-electron chi connectivity index (χ2n) is 10.6. The highest BCUT2D eigenvalue weighted by Crippen LogP contribution is 2.76. The van der Waals surface area contributed by atoms with Crippen LogP contribution in [-0.4, -0.2) is 29.8 Å². The van der Waals surface area contributed by atoms with Gasteiger partial charge in [0.25, 0.3) is 0 Å². The highest BCUT2D eigenvalue weighted by molar-refractivity contribution is 6.50. The van der Waals surface area contributed by atoms with Crippen molar-refractivity contribution in [2.75, 3.05) is 13.2 Å². The summed E-state index contributed by atoms with van der Waals surface area (Å²) in [4.78, 5) is 0. The van der Waals surface area contributed by atoms with E-state index in [0.29, 0.717) is 12.2 Å². The Kier molecular flexibility index (Phi) is 9.69. The number of halogens is 2. The predicted molar refractivity (Wildman–Crippen MR) is 129 cm³/mol. The number of hydrogen-bond donors (Lipinski definition) is 0. The molecule has 3 aliphatic rings. The molecule has 0 unspecified atom stereocenters. The Morgan fingerprint density at radius 2 is 1.03 bits per heavy atom. The zero-order valence-corrected chi connectivity index (χ0v) is 21.2. The van der Waals surface area contributed by atoms with Gasteiger partial charge in [0, 0.05) is 24.0 Å². The summed E-state index contributed by atoms with van der Waals surface area (Å²) in [5, 5.41) is 0. The van der Waals surface area contributed by atoms with Crippen LogP contribution in [-0.2, 0) is 9.47 Å².